The van der Waals surface area contributed by atoms with E-state index in [0.717, 1.165) is 38.2 Å². The van der Waals surface area contributed by atoms with Crippen LogP contribution in [0.25, 0.3) is 0 Å². The summed E-state index contributed by atoms with van der Waals surface area (Å²) in [4.78, 5) is 21.0. The maximum atomic E-state index is 12.1. The van der Waals surface area contributed by atoms with Gasteiger partial charge in [-0.2, -0.15) is 0 Å². The Morgan fingerprint density at radius 2 is 1.91 bits per heavy atom. The van der Waals surface area contributed by atoms with Crippen molar-refractivity contribution in [3.05, 3.63) is 53.7 Å². The lowest BCUT2D eigenvalue weighted by molar-refractivity contribution is 0.000371. The Morgan fingerprint density at radius 1 is 1.19 bits per heavy atom. The average Bonchev–Trinajstić information content (AvgIpc) is 3.24. The van der Waals surface area contributed by atoms with Crippen molar-refractivity contribution in [3.63, 3.8) is 0 Å². The van der Waals surface area contributed by atoms with Gasteiger partial charge in [-0.1, -0.05) is 44.2 Å². The normalized spacial score (nSPS) is 16.4. The van der Waals surface area contributed by atoms with Crippen LogP contribution in [-0.2, 0) is 17.9 Å². The van der Waals surface area contributed by atoms with Crippen molar-refractivity contribution < 1.29 is 19.1 Å². The zero-order chi connectivity index (χ0) is 22.8. The Hall–Kier alpha value is -2.26. The minimum Gasteiger partial charge on any atom is -0.447 e. The second kappa shape index (κ2) is 12.7. The second-order valence-electron chi connectivity index (χ2n) is 8.80. The van der Waals surface area contributed by atoms with E-state index in [-0.39, 0.29) is 5.91 Å². The number of β-amino-alcohol motifs (C(OH)–C–C–N with tert-alkyl or cyclic N) is 1. The van der Waals surface area contributed by atoms with Gasteiger partial charge in [-0.05, 0) is 17.9 Å². The number of aliphatic hydroxyl groups is 1. The molecule has 2 aromatic rings. The van der Waals surface area contributed by atoms with E-state index in [9.17, 15) is 9.90 Å². The van der Waals surface area contributed by atoms with E-state index in [1.54, 1.807) is 0 Å². The van der Waals surface area contributed by atoms with E-state index in [2.05, 4.69) is 33.9 Å². The molecule has 1 aromatic carbocycles. The predicted molar refractivity (Wildman–Crippen MR) is 122 cm³/mol. The molecule has 176 valence electrons. The topological polar surface area (TPSA) is 91.1 Å². The highest BCUT2D eigenvalue weighted by Crippen LogP contribution is 2.10. The Bertz CT molecular complexity index is 803. The minimum absolute atomic E-state index is 0.186. The summed E-state index contributed by atoms with van der Waals surface area (Å²) >= 11 is 0. The Labute approximate surface area is 190 Å². The van der Waals surface area contributed by atoms with Crippen LogP contribution in [-0.4, -0.2) is 77.8 Å². The molecule has 0 aliphatic carbocycles. The quantitative estimate of drug-likeness (QED) is 0.518. The summed E-state index contributed by atoms with van der Waals surface area (Å²) in [5, 5.41) is 13.2. The van der Waals surface area contributed by atoms with Crippen LogP contribution in [0.1, 0.15) is 42.2 Å². The van der Waals surface area contributed by atoms with Gasteiger partial charge in [0.1, 0.15) is 6.26 Å². The van der Waals surface area contributed by atoms with E-state index in [1.165, 1.54) is 6.26 Å². The van der Waals surface area contributed by atoms with Crippen LogP contribution in [0.3, 0.4) is 0 Å². The van der Waals surface area contributed by atoms with Crippen molar-refractivity contribution >= 4 is 5.91 Å². The molecule has 8 heteroatoms. The fourth-order valence-electron chi connectivity index (χ4n) is 3.61. The molecular weight excluding hydrogens is 408 g/mol. The van der Waals surface area contributed by atoms with Gasteiger partial charge in [0.05, 0.1) is 25.9 Å². The van der Waals surface area contributed by atoms with Crippen LogP contribution >= 0.6 is 0 Å². The Kier molecular flexibility index (Phi) is 9.67. The van der Waals surface area contributed by atoms with Crippen molar-refractivity contribution in [1.82, 2.24) is 20.1 Å². The number of piperazine rings is 1. The number of oxazole rings is 1. The fraction of sp³-hybridized carbons (Fsp3) is 0.583. The van der Waals surface area contributed by atoms with E-state index in [0.29, 0.717) is 50.4 Å². The van der Waals surface area contributed by atoms with Crippen LogP contribution in [0.4, 0.5) is 0 Å². The number of hydrogen-bond acceptors (Lipinski definition) is 7. The summed E-state index contributed by atoms with van der Waals surface area (Å²) in [6.07, 6.45) is 1.87. The number of amides is 1. The van der Waals surface area contributed by atoms with Gasteiger partial charge in [-0.3, -0.25) is 14.6 Å². The number of nitrogens with one attached hydrogen (secondary N) is 1. The van der Waals surface area contributed by atoms with Crippen LogP contribution in [0, 0.1) is 5.92 Å². The third-order valence-electron chi connectivity index (χ3n) is 5.51. The smallest absolute Gasteiger partial charge is 0.273 e. The summed E-state index contributed by atoms with van der Waals surface area (Å²) in [5.74, 6) is 0.917. The van der Waals surface area contributed by atoms with Crippen molar-refractivity contribution in [2.24, 2.45) is 5.92 Å². The highest BCUT2D eigenvalue weighted by molar-refractivity contribution is 5.91. The average molecular weight is 445 g/mol. The zero-order valence-electron chi connectivity index (χ0n) is 19.2. The molecule has 3 rings (SSSR count). The highest BCUT2D eigenvalue weighted by Gasteiger charge is 2.21. The largest absolute Gasteiger partial charge is 0.447 e. The van der Waals surface area contributed by atoms with Crippen LogP contribution < -0.4 is 5.32 Å². The molecule has 0 bridgehead atoms. The molecular formula is C24H36N4O4. The summed E-state index contributed by atoms with van der Waals surface area (Å²) in [6, 6.07) is 9.97. The summed E-state index contributed by atoms with van der Waals surface area (Å²) in [5.41, 5.74) is 1.44. The third kappa shape index (κ3) is 8.35. The molecule has 8 nitrogen and oxygen atoms in total. The Balaban J connectivity index is 1.31. The number of carbonyl (C=O) groups excluding carboxylic acids is 1. The lowest BCUT2D eigenvalue weighted by Gasteiger charge is -2.34. The van der Waals surface area contributed by atoms with E-state index in [4.69, 9.17) is 9.15 Å². The fourth-order valence-corrected chi connectivity index (χ4v) is 3.61. The maximum absolute atomic E-state index is 12.1. The monoisotopic (exact) mass is 444 g/mol. The van der Waals surface area contributed by atoms with Crippen LogP contribution in [0.5, 0.6) is 0 Å². The first-order chi connectivity index (χ1) is 15.5. The summed E-state index contributed by atoms with van der Waals surface area (Å²) in [7, 11) is 0. The molecule has 1 aliphatic heterocycles. The molecule has 1 atom stereocenters. The maximum Gasteiger partial charge on any atom is 0.273 e. The van der Waals surface area contributed by atoms with Gasteiger partial charge >= 0.3 is 0 Å². The van der Waals surface area contributed by atoms with Gasteiger partial charge in [-0.15, -0.1) is 0 Å². The van der Waals surface area contributed by atoms with Crippen molar-refractivity contribution in [3.8, 4) is 0 Å². The number of aromatic nitrogens is 1. The van der Waals surface area contributed by atoms with Gasteiger partial charge in [0.25, 0.3) is 5.91 Å². The predicted octanol–water partition coefficient (Wildman–Crippen LogP) is 2.15. The molecule has 1 amide bonds. The molecule has 1 unspecified atom stereocenters. The number of nitrogens with zero attached hydrogens (tertiary/aromatic N) is 3. The summed E-state index contributed by atoms with van der Waals surface area (Å²) in [6.45, 7) is 10.3. The van der Waals surface area contributed by atoms with Gasteiger partial charge in [0, 0.05) is 39.3 Å². The summed E-state index contributed by atoms with van der Waals surface area (Å²) < 4.78 is 11.1. The number of aliphatic hydroxyl groups excluding tert-OH is 1. The minimum atomic E-state index is -0.506. The lowest BCUT2D eigenvalue weighted by Crippen LogP contribution is -2.48. The molecule has 2 N–H and O–H groups in total. The molecule has 0 saturated carbocycles. The number of hydrogen-bond donors (Lipinski definition) is 2. The van der Waals surface area contributed by atoms with E-state index >= 15 is 0 Å². The number of benzene rings is 1. The van der Waals surface area contributed by atoms with Crippen molar-refractivity contribution in [2.45, 2.75) is 39.5 Å². The second-order valence-corrected chi connectivity index (χ2v) is 8.80. The molecule has 0 spiro atoms. The molecule has 1 aliphatic rings. The zero-order valence-corrected chi connectivity index (χ0v) is 19.2. The van der Waals surface area contributed by atoms with Gasteiger partial charge in [0.2, 0.25) is 5.89 Å². The molecule has 1 fully saturated rings. The molecule has 1 aromatic heterocycles. The lowest BCUT2D eigenvalue weighted by atomic mass is 10.1. The first-order valence-electron chi connectivity index (χ1n) is 11.5. The molecule has 2 heterocycles. The van der Waals surface area contributed by atoms with Crippen molar-refractivity contribution in [2.75, 3.05) is 45.9 Å². The first kappa shape index (κ1) is 24.4. The van der Waals surface area contributed by atoms with Crippen LogP contribution in [0.2, 0.25) is 0 Å². The van der Waals surface area contributed by atoms with Gasteiger partial charge in [-0.25, -0.2) is 4.98 Å². The Morgan fingerprint density at radius 3 is 2.62 bits per heavy atom. The molecule has 32 heavy (non-hydrogen) atoms. The SMILES string of the molecule is CC(C)CCNC(=O)c1coc(CN2CCN(CC(O)COCc3ccccc3)CC2)n1. The molecule has 1 saturated heterocycles. The number of carbonyl (C=O) groups is 1. The first-order valence-corrected chi connectivity index (χ1v) is 11.5. The number of rotatable bonds is 12. The number of ether oxygens (including phenoxy) is 1. The standard InChI is InChI=1S/C24H36N4O4/c1-19(2)8-9-25-24(30)22-18-32-23(26-22)15-28-12-10-27(11-13-28)14-21(29)17-31-16-20-6-4-3-5-7-20/h3-7,18-19,21,29H,8-17H2,1-2H3,(H,25,30). The van der Waals surface area contributed by atoms with E-state index < -0.39 is 6.10 Å². The highest BCUT2D eigenvalue weighted by atomic mass is 16.5. The third-order valence-corrected chi connectivity index (χ3v) is 5.51. The van der Waals surface area contributed by atoms with Gasteiger partial charge in [0.15, 0.2) is 5.69 Å². The van der Waals surface area contributed by atoms with Crippen molar-refractivity contribution in [1.29, 1.82) is 0 Å². The van der Waals surface area contributed by atoms with E-state index in [1.807, 2.05) is 30.3 Å². The van der Waals surface area contributed by atoms with Gasteiger partial charge < -0.3 is 19.6 Å². The van der Waals surface area contributed by atoms with Crippen LogP contribution in [0.15, 0.2) is 41.0 Å². The molecule has 0 radical (unpaired) electrons.